The third kappa shape index (κ3) is 7.13. The van der Waals surface area contributed by atoms with Gasteiger partial charge in [0.15, 0.2) is 5.82 Å². The van der Waals surface area contributed by atoms with Gasteiger partial charge in [-0.1, -0.05) is 42.5 Å². The Morgan fingerprint density at radius 3 is 2.33 bits per heavy atom. The van der Waals surface area contributed by atoms with E-state index in [2.05, 4.69) is 20.3 Å². The Morgan fingerprint density at radius 2 is 1.67 bits per heavy atom. The van der Waals surface area contributed by atoms with Crippen molar-refractivity contribution >= 4 is 11.9 Å². The Balaban J connectivity index is 1.11. The van der Waals surface area contributed by atoms with Crippen molar-refractivity contribution in [3.63, 3.8) is 0 Å². The van der Waals surface area contributed by atoms with E-state index in [1.54, 1.807) is 4.90 Å². The van der Waals surface area contributed by atoms with Gasteiger partial charge in [0.05, 0.1) is 12.6 Å². The molecule has 0 saturated carbocycles. The van der Waals surface area contributed by atoms with E-state index in [0.717, 1.165) is 61.4 Å². The molecule has 2 aromatic carbocycles. The number of piperazine rings is 1. The van der Waals surface area contributed by atoms with Crippen LogP contribution in [0.25, 0.3) is 11.4 Å². The number of aromatic nitrogens is 3. The minimum Gasteiger partial charge on any atom is -0.507 e. The van der Waals surface area contributed by atoms with E-state index in [-0.39, 0.29) is 29.4 Å². The van der Waals surface area contributed by atoms with Crippen molar-refractivity contribution in [2.45, 2.75) is 64.1 Å². The average Bonchev–Trinajstić information content (AvgIpc) is 3.48. The topological polar surface area (TPSA) is 136 Å². The van der Waals surface area contributed by atoms with Gasteiger partial charge >= 0.3 is 11.7 Å². The molecule has 0 radical (unpaired) electrons. The van der Waals surface area contributed by atoms with Crippen LogP contribution in [0.1, 0.15) is 48.4 Å². The Hall–Kier alpha value is -4.16. The molecule has 3 N–H and O–H groups in total. The molecule has 6 rings (SSSR count). The number of aromatic amines is 1. The summed E-state index contributed by atoms with van der Waals surface area (Å²) in [5.74, 6) is 0.677. The number of piperidine rings is 1. The van der Waals surface area contributed by atoms with E-state index < -0.39 is 6.04 Å². The lowest BCUT2D eigenvalue weighted by atomic mass is 9.99. The number of rotatable bonds is 7. The van der Waals surface area contributed by atoms with Gasteiger partial charge in [0.1, 0.15) is 11.8 Å². The molecule has 12 nitrogen and oxygen atoms in total. The predicted molar refractivity (Wildman–Crippen MR) is 174 cm³/mol. The molecule has 0 spiro atoms. The molecule has 0 bridgehead atoms. The fourth-order valence-electron chi connectivity index (χ4n) is 7.00. The minimum absolute atomic E-state index is 0.0947. The molecule has 3 aliphatic rings. The quantitative estimate of drug-likeness (QED) is 0.365. The van der Waals surface area contributed by atoms with Crippen LogP contribution >= 0.6 is 0 Å². The number of hydrogen-bond donors (Lipinski definition) is 3. The maximum atomic E-state index is 14.0. The fraction of sp³-hybridized carbons (Fsp3) is 0.529. The number of hydrogen-bond acceptors (Lipinski definition) is 7. The summed E-state index contributed by atoms with van der Waals surface area (Å²) in [4.78, 5) is 49.2. The monoisotopic (exact) mass is 631 g/mol. The lowest BCUT2D eigenvalue weighted by Crippen LogP contribution is -2.59. The molecule has 3 aliphatic heterocycles. The molecule has 3 saturated heterocycles. The number of phenolic OH excluding ortho intramolecular Hbond substituents is 1. The van der Waals surface area contributed by atoms with Crippen molar-refractivity contribution < 1.29 is 19.4 Å². The zero-order valence-electron chi connectivity index (χ0n) is 26.8. The molecule has 4 heterocycles. The number of aromatic hydroxyl groups is 1. The first-order valence-electron chi connectivity index (χ1n) is 16.5. The maximum Gasteiger partial charge on any atom is 0.343 e. The zero-order valence-corrected chi connectivity index (χ0v) is 26.8. The maximum absolute atomic E-state index is 14.0. The van der Waals surface area contributed by atoms with Gasteiger partial charge in [-0.25, -0.2) is 14.3 Å². The van der Waals surface area contributed by atoms with Gasteiger partial charge in [0.25, 0.3) is 0 Å². The van der Waals surface area contributed by atoms with Crippen molar-refractivity contribution in [2.75, 3.05) is 52.5 Å². The highest BCUT2D eigenvalue weighted by Crippen LogP contribution is 2.25. The van der Waals surface area contributed by atoms with Crippen LogP contribution in [0.4, 0.5) is 4.79 Å². The van der Waals surface area contributed by atoms with Crippen LogP contribution in [-0.4, -0.2) is 111 Å². The van der Waals surface area contributed by atoms with Gasteiger partial charge in [0, 0.05) is 63.9 Å². The Bertz CT molecular complexity index is 1540. The number of H-pyrrole nitrogens is 1. The van der Waals surface area contributed by atoms with Crippen LogP contribution < -0.4 is 11.0 Å². The molecule has 46 heavy (non-hydrogen) atoms. The second-order valence-corrected chi connectivity index (χ2v) is 12.8. The van der Waals surface area contributed by atoms with E-state index >= 15 is 0 Å². The number of urea groups is 1. The Kier molecular flexibility index (Phi) is 9.74. The van der Waals surface area contributed by atoms with Crippen LogP contribution in [0.5, 0.6) is 5.75 Å². The molecule has 1 unspecified atom stereocenters. The number of likely N-dealkylation sites (tertiary alicyclic amines) is 1. The van der Waals surface area contributed by atoms with Gasteiger partial charge in [-0.15, -0.1) is 5.10 Å². The first-order valence-corrected chi connectivity index (χ1v) is 16.5. The molecular formula is C34H45N7O5. The number of aryl methyl sites for hydroxylation is 2. The Labute approximate surface area is 269 Å². The highest BCUT2D eigenvalue weighted by molar-refractivity contribution is 5.87. The van der Waals surface area contributed by atoms with Crippen molar-refractivity contribution in [2.24, 2.45) is 0 Å². The van der Waals surface area contributed by atoms with Gasteiger partial charge < -0.3 is 25.0 Å². The normalized spacial score (nSPS) is 20.4. The highest BCUT2D eigenvalue weighted by Gasteiger charge is 2.34. The standard InChI is InChI=1S/C34H45N7O5/c1-23-19-25(20-24(2)30(23)42)21-29(32(43)39-16-14-38(15-17-39)28-9-6-18-46-22-28)35-33(44)40-12-10-27(11-13-40)41-34(45)36-31(37-41)26-7-4-3-5-8-26/h3-5,7-8,19-20,27-29,42H,6,9-18,21-22H2,1-2H3,(H,35,44)(H,36,37,45)/t28?,29-/m1/s1. The lowest BCUT2D eigenvalue weighted by molar-refractivity contribution is -0.135. The summed E-state index contributed by atoms with van der Waals surface area (Å²) in [5.41, 5.74) is 2.94. The van der Waals surface area contributed by atoms with E-state index in [1.807, 2.05) is 61.2 Å². The number of carbonyl (C=O) groups is 2. The van der Waals surface area contributed by atoms with Gasteiger partial charge in [0.2, 0.25) is 5.91 Å². The summed E-state index contributed by atoms with van der Waals surface area (Å²) in [6.45, 7) is 8.89. The lowest BCUT2D eigenvalue weighted by Gasteiger charge is -2.41. The van der Waals surface area contributed by atoms with E-state index in [1.165, 1.54) is 4.68 Å². The molecule has 0 aliphatic carbocycles. The number of phenols is 1. The molecular weight excluding hydrogens is 586 g/mol. The largest absolute Gasteiger partial charge is 0.507 e. The third-order valence-corrected chi connectivity index (χ3v) is 9.65. The highest BCUT2D eigenvalue weighted by atomic mass is 16.5. The summed E-state index contributed by atoms with van der Waals surface area (Å²) in [7, 11) is 0. The van der Waals surface area contributed by atoms with Crippen LogP contribution in [-0.2, 0) is 16.0 Å². The van der Waals surface area contributed by atoms with Gasteiger partial charge in [-0.3, -0.25) is 14.7 Å². The zero-order chi connectivity index (χ0) is 32.2. The van der Waals surface area contributed by atoms with Crippen LogP contribution in [0.2, 0.25) is 0 Å². The van der Waals surface area contributed by atoms with E-state index in [9.17, 15) is 19.5 Å². The first kappa shape index (κ1) is 31.8. The molecule has 2 atom stereocenters. The van der Waals surface area contributed by atoms with Crippen molar-refractivity contribution in [3.05, 3.63) is 69.6 Å². The molecule has 246 valence electrons. The molecule has 3 amide bonds. The number of ether oxygens (including phenoxy) is 1. The number of benzene rings is 2. The van der Waals surface area contributed by atoms with Crippen LogP contribution in [0.3, 0.4) is 0 Å². The van der Waals surface area contributed by atoms with Crippen molar-refractivity contribution in [3.8, 4) is 17.1 Å². The number of nitrogens with zero attached hydrogens (tertiary/aromatic N) is 5. The van der Waals surface area contributed by atoms with Crippen LogP contribution in [0.15, 0.2) is 47.3 Å². The second kappa shape index (κ2) is 14.1. The molecule has 3 aromatic rings. The van der Waals surface area contributed by atoms with E-state index in [4.69, 9.17) is 4.74 Å². The molecule has 3 fully saturated rings. The first-order chi connectivity index (χ1) is 22.3. The van der Waals surface area contributed by atoms with Crippen LogP contribution in [0, 0.1) is 13.8 Å². The number of amides is 3. The summed E-state index contributed by atoms with van der Waals surface area (Å²) < 4.78 is 7.18. The predicted octanol–water partition coefficient (Wildman–Crippen LogP) is 2.84. The average molecular weight is 632 g/mol. The summed E-state index contributed by atoms with van der Waals surface area (Å²) in [6, 6.07) is 12.5. The smallest absolute Gasteiger partial charge is 0.343 e. The summed E-state index contributed by atoms with van der Waals surface area (Å²) in [5, 5.41) is 17.9. The van der Waals surface area contributed by atoms with Gasteiger partial charge in [-0.05, 0) is 56.2 Å². The summed E-state index contributed by atoms with van der Waals surface area (Å²) in [6.07, 6.45) is 3.66. The fourth-order valence-corrected chi connectivity index (χ4v) is 7.00. The van der Waals surface area contributed by atoms with Crippen molar-refractivity contribution in [1.82, 2.24) is 34.8 Å². The van der Waals surface area contributed by atoms with Crippen molar-refractivity contribution in [1.29, 1.82) is 0 Å². The number of carbonyl (C=O) groups excluding carboxylic acids is 2. The number of nitrogens with one attached hydrogen (secondary N) is 2. The summed E-state index contributed by atoms with van der Waals surface area (Å²) >= 11 is 0. The Morgan fingerprint density at radius 1 is 0.978 bits per heavy atom. The molecule has 12 heteroatoms. The SMILES string of the molecule is Cc1cc(C[C@@H](NC(=O)N2CCC(n3nc(-c4ccccc4)[nH]c3=O)CC2)C(=O)N2CCN(C3CCCOC3)CC2)cc(C)c1O. The second-order valence-electron chi connectivity index (χ2n) is 12.8. The van der Waals surface area contributed by atoms with E-state index in [0.29, 0.717) is 57.3 Å². The minimum atomic E-state index is -0.750. The molecule has 1 aromatic heterocycles. The third-order valence-electron chi connectivity index (χ3n) is 9.65. The van der Waals surface area contributed by atoms with Gasteiger partial charge in [-0.2, -0.15) is 0 Å².